The van der Waals surface area contributed by atoms with E-state index >= 15 is 0 Å². The van der Waals surface area contributed by atoms with Gasteiger partial charge in [0, 0.05) is 49.6 Å². The standard InChI is InChI=1S/C58H40N6O.C3H8/c59-56(39-18-7-2-8-19-39)62-57(60-37-38-16-5-1-6-17-38)43-22-15-25-45(32-43)64-51-27-14-13-26-46(51)47-33-41(28-30-52(47)64)42-29-31-53-48(34-42)49-35-55-50(61-58(65-55)40-20-9-3-10-21-40)36-54(49)63(53)44-23-11-4-12-24-44;1-3-2/h1-36H,37H2,(H2,59,60,62);3H2,1-2H3. The van der Waals surface area contributed by atoms with Crippen LogP contribution in [-0.2, 0) is 6.54 Å². The van der Waals surface area contributed by atoms with Crippen molar-refractivity contribution in [1.82, 2.24) is 14.1 Å². The van der Waals surface area contributed by atoms with Gasteiger partial charge in [-0.2, -0.15) is 0 Å². The van der Waals surface area contributed by atoms with Gasteiger partial charge in [-0.25, -0.2) is 9.98 Å². The minimum atomic E-state index is 0.415. The molecule has 0 fully saturated rings. The Hall–Kier alpha value is -8.81. The largest absolute Gasteiger partial charge is 0.436 e. The molecule has 0 amide bonds. The molecule has 0 saturated carbocycles. The van der Waals surface area contributed by atoms with Crippen LogP contribution >= 0.6 is 0 Å². The van der Waals surface area contributed by atoms with Crippen LogP contribution in [0, 0.1) is 0 Å². The molecule has 0 unspecified atom stereocenters. The first-order valence-electron chi connectivity index (χ1n) is 23.2. The number of amidine groups is 2. The Morgan fingerprint density at radius 1 is 0.485 bits per heavy atom. The smallest absolute Gasteiger partial charge is 0.227 e. The number of nitrogens with two attached hydrogens (primary N) is 1. The number of benzene rings is 9. The van der Waals surface area contributed by atoms with Gasteiger partial charge in [0.2, 0.25) is 5.89 Å². The van der Waals surface area contributed by atoms with Gasteiger partial charge in [-0.05, 0) is 95.6 Å². The fourth-order valence-electron chi connectivity index (χ4n) is 9.12. The summed E-state index contributed by atoms with van der Waals surface area (Å²) in [5, 5.41) is 4.58. The van der Waals surface area contributed by atoms with Gasteiger partial charge >= 0.3 is 0 Å². The number of aliphatic imine (C=N–C) groups is 2. The minimum Gasteiger partial charge on any atom is -0.436 e. The molecular weight excluding hydrogens is 833 g/mol. The second-order valence-corrected chi connectivity index (χ2v) is 17.0. The number of aromatic nitrogens is 3. The number of rotatable bonds is 8. The van der Waals surface area contributed by atoms with Crippen LogP contribution in [-0.4, -0.2) is 25.8 Å². The molecule has 7 heteroatoms. The van der Waals surface area contributed by atoms with Crippen LogP contribution < -0.4 is 5.73 Å². The number of oxazole rings is 1. The van der Waals surface area contributed by atoms with Crippen LogP contribution in [0.5, 0.6) is 0 Å². The monoisotopic (exact) mass is 880 g/mol. The van der Waals surface area contributed by atoms with Gasteiger partial charge in [0.05, 0.1) is 28.6 Å². The third-order valence-electron chi connectivity index (χ3n) is 12.2. The van der Waals surface area contributed by atoms with Gasteiger partial charge < -0.3 is 19.3 Å². The molecule has 0 saturated heterocycles. The molecule has 0 aliphatic heterocycles. The highest BCUT2D eigenvalue weighted by Gasteiger charge is 2.19. The van der Waals surface area contributed by atoms with E-state index in [0.29, 0.717) is 24.1 Å². The quantitative estimate of drug-likeness (QED) is 0.122. The average molecular weight is 881 g/mol. The van der Waals surface area contributed by atoms with Gasteiger partial charge in [-0.3, -0.25) is 4.99 Å². The van der Waals surface area contributed by atoms with Gasteiger partial charge in [0.25, 0.3) is 0 Å². The van der Waals surface area contributed by atoms with E-state index in [1.54, 1.807) is 0 Å². The normalized spacial score (nSPS) is 12.0. The Labute approximate surface area is 394 Å². The van der Waals surface area contributed by atoms with Crippen molar-refractivity contribution in [3.8, 4) is 34.0 Å². The second-order valence-electron chi connectivity index (χ2n) is 17.0. The van der Waals surface area contributed by atoms with Gasteiger partial charge in [-0.1, -0.05) is 160 Å². The van der Waals surface area contributed by atoms with Crippen LogP contribution in [0.3, 0.4) is 0 Å². The summed E-state index contributed by atoms with van der Waals surface area (Å²) in [6, 6.07) is 75.6. The van der Waals surface area contributed by atoms with Crippen LogP contribution in [0.4, 0.5) is 0 Å². The van der Waals surface area contributed by atoms with Crippen molar-refractivity contribution < 1.29 is 4.42 Å². The Balaban J connectivity index is 0.00000165. The molecule has 2 N–H and O–H groups in total. The van der Waals surface area contributed by atoms with Gasteiger partial charge in [0.15, 0.2) is 11.4 Å². The number of fused-ring (bicyclic) bond motifs is 7. The lowest BCUT2D eigenvalue weighted by molar-refractivity contribution is 0.620. The molecule has 3 heterocycles. The zero-order valence-corrected chi connectivity index (χ0v) is 37.9. The highest BCUT2D eigenvalue weighted by atomic mass is 16.3. The first-order valence-corrected chi connectivity index (χ1v) is 23.2. The zero-order chi connectivity index (χ0) is 46.0. The molecule has 0 aliphatic rings. The number of nitrogens with zero attached hydrogens (tertiary/aromatic N) is 5. The SMILES string of the molecule is CCC.NC(=NC(=NCc1ccccc1)c1cccc(-n2c3ccccc3c3cc(-c4ccc5c(c4)c4cc6oc(-c7ccccc7)nc6cc4n5-c4ccccc4)ccc32)c1)c1ccccc1. The molecule has 7 nitrogen and oxygen atoms in total. The molecule has 0 aliphatic carbocycles. The molecular formula is C61H48N6O. The number of hydrogen-bond donors (Lipinski definition) is 1. The molecule has 0 spiro atoms. The maximum atomic E-state index is 6.63. The van der Waals surface area contributed by atoms with Crippen molar-refractivity contribution in [1.29, 1.82) is 0 Å². The molecule has 9 aromatic carbocycles. The first kappa shape index (κ1) is 41.9. The van der Waals surface area contributed by atoms with Gasteiger partial charge in [-0.15, -0.1) is 0 Å². The summed E-state index contributed by atoms with van der Waals surface area (Å²) < 4.78 is 11.1. The molecule has 68 heavy (non-hydrogen) atoms. The molecule has 0 atom stereocenters. The summed E-state index contributed by atoms with van der Waals surface area (Å²) in [6.45, 7) is 4.72. The molecule has 12 aromatic rings. The van der Waals surface area contributed by atoms with E-state index in [1.165, 1.54) is 11.8 Å². The van der Waals surface area contributed by atoms with E-state index < -0.39 is 0 Å². The Kier molecular flexibility index (Phi) is 11.2. The molecule has 0 bridgehead atoms. The Bertz CT molecular complexity index is 3810. The van der Waals surface area contributed by atoms with Crippen molar-refractivity contribution in [2.75, 3.05) is 0 Å². The lowest BCUT2D eigenvalue weighted by atomic mass is 10.0. The molecule has 328 valence electrons. The second kappa shape index (κ2) is 18.2. The van der Waals surface area contributed by atoms with E-state index in [9.17, 15) is 0 Å². The van der Waals surface area contributed by atoms with Crippen LogP contribution in [0.15, 0.2) is 233 Å². The van der Waals surface area contributed by atoms with E-state index in [2.05, 4.69) is 163 Å². The van der Waals surface area contributed by atoms with Crippen LogP contribution in [0.1, 0.15) is 37.0 Å². The van der Waals surface area contributed by atoms with Crippen molar-refractivity contribution in [3.63, 3.8) is 0 Å². The van der Waals surface area contributed by atoms with E-state index in [-0.39, 0.29) is 0 Å². The minimum absolute atomic E-state index is 0.415. The Morgan fingerprint density at radius 2 is 1.03 bits per heavy atom. The maximum Gasteiger partial charge on any atom is 0.227 e. The summed E-state index contributed by atoms with van der Waals surface area (Å²) in [7, 11) is 0. The third-order valence-corrected chi connectivity index (χ3v) is 12.2. The average Bonchev–Trinajstić information content (AvgIpc) is 4.07. The summed E-state index contributed by atoms with van der Waals surface area (Å²) in [6.07, 6.45) is 1.25. The van der Waals surface area contributed by atoms with Gasteiger partial charge in [0.1, 0.15) is 11.4 Å². The van der Waals surface area contributed by atoms with E-state index in [4.69, 9.17) is 25.1 Å². The lowest BCUT2D eigenvalue weighted by Gasteiger charge is -2.11. The summed E-state index contributed by atoms with van der Waals surface area (Å²) in [5.74, 6) is 1.60. The highest BCUT2D eigenvalue weighted by molar-refractivity contribution is 6.15. The van der Waals surface area contributed by atoms with Crippen LogP contribution in [0.25, 0.3) is 88.7 Å². The number of hydrogen-bond acceptors (Lipinski definition) is 3. The maximum absolute atomic E-state index is 6.63. The molecule has 0 radical (unpaired) electrons. The third kappa shape index (κ3) is 7.90. The molecule has 12 rings (SSSR count). The predicted molar refractivity (Wildman–Crippen MR) is 283 cm³/mol. The molecule has 3 aromatic heterocycles. The van der Waals surface area contributed by atoms with E-state index in [1.807, 2.05) is 78.9 Å². The fraction of sp³-hybridized carbons (Fsp3) is 0.0656. The van der Waals surface area contributed by atoms with Crippen molar-refractivity contribution >= 4 is 66.4 Å². The first-order chi connectivity index (χ1) is 33.5. The van der Waals surface area contributed by atoms with Crippen molar-refractivity contribution in [3.05, 3.63) is 235 Å². The fourth-order valence-corrected chi connectivity index (χ4v) is 9.12. The van der Waals surface area contributed by atoms with Crippen molar-refractivity contribution in [2.45, 2.75) is 26.8 Å². The topological polar surface area (TPSA) is 86.6 Å². The zero-order valence-electron chi connectivity index (χ0n) is 37.9. The van der Waals surface area contributed by atoms with E-state index in [0.717, 1.165) is 94.1 Å². The summed E-state index contributed by atoms with van der Waals surface area (Å²) in [5.41, 5.74) is 20.7. The number of para-hydroxylation sites is 2. The lowest BCUT2D eigenvalue weighted by Crippen LogP contribution is -2.16. The highest BCUT2D eigenvalue weighted by Crippen LogP contribution is 2.40. The predicted octanol–water partition coefficient (Wildman–Crippen LogP) is 15.1. The summed E-state index contributed by atoms with van der Waals surface area (Å²) in [4.78, 5) is 14.9. The summed E-state index contributed by atoms with van der Waals surface area (Å²) >= 11 is 0. The van der Waals surface area contributed by atoms with Crippen molar-refractivity contribution in [2.24, 2.45) is 15.7 Å². The Morgan fingerprint density at radius 3 is 1.74 bits per heavy atom. The van der Waals surface area contributed by atoms with Crippen LogP contribution in [0.2, 0.25) is 0 Å².